The monoisotopic (exact) mass is 338 g/mol. The zero-order valence-corrected chi connectivity index (χ0v) is 13.2. The molecule has 3 aromatic rings. The predicted molar refractivity (Wildman–Crippen MR) is 89.1 cm³/mol. The number of halogens is 1. The summed E-state index contributed by atoms with van der Waals surface area (Å²) in [4.78, 5) is 12.6. The molecule has 1 aliphatic rings. The molecule has 0 fully saturated rings. The minimum Gasteiger partial charge on any atom is -0.492 e. The Labute approximate surface area is 143 Å². The molecular formula is C18H15FN4O2. The third-order valence-electron chi connectivity index (χ3n) is 4.12. The molecule has 1 N–H and O–H groups in total. The third kappa shape index (κ3) is 3.08. The number of carbonyl (C=O) groups is 1. The third-order valence-corrected chi connectivity index (χ3v) is 4.12. The number of hydrogen-bond donors (Lipinski definition) is 1. The van der Waals surface area contributed by atoms with Crippen LogP contribution in [0.2, 0.25) is 0 Å². The van der Waals surface area contributed by atoms with Crippen LogP contribution in [0.25, 0.3) is 5.69 Å². The minimum atomic E-state index is -0.421. The van der Waals surface area contributed by atoms with E-state index in [4.69, 9.17) is 4.74 Å². The fourth-order valence-corrected chi connectivity index (χ4v) is 2.84. The SMILES string of the molecule is O=C(Nc1nncn1-c1ccccc1)C1COc2ccc(F)cc2C1. The lowest BCUT2D eigenvalue weighted by Crippen LogP contribution is -2.33. The molecule has 0 aliphatic carbocycles. The molecule has 1 amide bonds. The first-order chi connectivity index (χ1) is 12.2. The number of benzene rings is 2. The number of hydrogen-bond acceptors (Lipinski definition) is 4. The van der Waals surface area contributed by atoms with Gasteiger partial charge in [0.05, 0.1) is 11.6 Å². The second-order valence-electron chi connectivity index (χ2n) is 5.81. The van der Waals surface area contributed by atoms with Gasteiger partial charge in [0, 0.05) is 0 Å². The van der Waals surface area contributed by atoms with Crippen molar-refractivity contribution in [2.45, 2.75) is 6.42 Å². The molecule has 2 heterocycles. The van der Waals surface area contributed by atoms with Gasteiger partial charge in [-0.25, -0.2) is 4.39 Å². The first kappa shape index (κ1) is 15.3. The molecule has 0 radical (unpaired) electrons. The smallest absolute Gasteiger partial charge is 0.235 e. The van der Waals surface area contributed by atoms with Gasteiger partial charge in [-0.2, -0.15) is 0 Å². The van der Waals surface area contributed by atoms with Crippen LogP contribution in [0.5, 0.6) is 5.75 Å². The largest absolute Gasteiger partial charge is 0.492 e. The van der Waals surface area contributed by atoms with Gasteiger partial charge in [-0.1, -0.05) is 18.2 Å². The van der Waals surface area contributed by atoms with Crippen molar-refractivity contribution in [1.29, 1.82) is 0 Å². The molecule has 4 rings (SSSR count). The number of fused-ring (bicyclic) bond motifs is 1. The van der Waals surface area contributed by atoms with Gasteiger partial charge >= 0.3 is 0 Å². The molecule has 0 bridgehead atoms. The molecule has 1 atom stereocenters. The Bertz CT molecular complexity index is 910. The highest BCUT2D eigenvalue weighted by Crippen LogP contribution is 2.28. The predicted octanol–water partition coefficient (Wildman–Crippen LogP) is 2.60. The second-order valence-corrected chi connectivity index (χ2v) is 5.81. The van der Waals surface area contributed by atoms with Crippen molar-refractivity contribution in [2.24, 2.45) is 5.92 Å². The van der Waals surface area contributed by atoms with E-state index in [0.717, 1.165) is 5.69 Å². The summed E-state index contributed by atoms with van der Waals surface area (Å²) in [6, 6.07) is 13.8. The van der Waals surface area contributed by atoms with Crippen molar-refractivity contribution in [3.63, 3.8) is 0 Å². The summed E-state index contributed by atoms with van der Waals surface area (Å²) >= 11 is 0. The van der Waals surface area contributed by atoms with Gasteiger partial charge in [-0.3, -0.25) is 14.7 Å². The summed E-state index contributed by atoms with van der Waals surface area (Å²) in [5, 5.41) is 10.6. The fraction of sp³-hybridized carbons (Fsp3) is 0.167. The number of nitrogens with one attached hydrogen (secondary N) is 1. The molecule has 0 spiro atoms. The van der Waals surface area contributed by atoms with Crippen LogP contribution in [0.15, 0.2) is 54.9 Å². The Morgan fingerprint density at radius 1 is 1.24 bits per heavy atom. The number of rotatable bonds is 3. The van der Waals surface area contributed by atoms with Crippen LogP contribution in [0.4, 0.5) is 10.3 Å². The molecular weight excluding hydrogens is 323 g/mol. The molecule has 6 nitrogen and oxygen atoms in total. The van der Waals surface area contributed by atoms with Crippen molar-refractivity contribution < 1.29 is 13.9 Å². The summed E-state index contributed by atoms with van der Waals surface area (Å²) in [5.41, 5.74) is 1.53. The number of nitrogens with zero attached hydrogens (tertiary/aromatic N) is 3. The van der Waals surface area contributed by atoms with Crippen LogP contribution < -0.4 is 10.1 Å². The van der Waals surface area contributed by atoms with Crippen LogP contribution in [-0.2, 0) is 11.2 Å². The maximum atomic E-state index is 13.4. The summed E-state index contributed by atoms with van der Waals surface area (Å²) in [6.45, 7) is 0.240. The summed E-state index contributed by atoms with van der Waals surface area (Å²) in [5.74, 6) is -0.0401. The Balaban J connectivity index is 1.51. The van der Waals surface area contributed by atoms with Crippen LogP contribution in [0.3, 0.4) is 0 Å². The normalized spacial score (nSPS) is 16.0. The van der Waals surface area contributed by atoms with Crippen molar-refractivity contribution in [3.05, 3.63) is 66.2 Å². The maximum Gasteiger partial charge on any atom is 0.235 e. The fourth-order valence-electron chi connectivity index (χ4n) is 2.84. The highest BCUT2D eigenvalue weighted by molar-refractivity contribution is 5.91. The van der Waals surface area contributed by atoms with Gasteiger partial charge in [0.15, 0.2) is 0 Å². The molecule has 1 unspecified atom stereocenters. The van der Waals surface area contributed by atoms with E-state index in [9.17, 15) is 9.18 Å². The number of aromatic nitrogens is 3. The summed E-state index contributed by atoms with van der Waals surface area (Å²) in [6.07, 6.45) is 1.95. The van der Waals surface area contributed by atoms with E-state index < -0.39 is 5.92 Å². The standard InChI is InChI=1S/C18H15FN4O2/c19-14-6-7-16-12(9-14)8-13(10-25-16)17(24)21-18-22-20-11-23(18)15-4-2-1-3-5-15/h1-7,9,11,13H,8,10H2,(H,21,22,24). The van der Waals surface area contributed by atoms with Crippen molar-refractivity contribution in [1.82, 2.24) is 14.8 Å². The number of anilines is 1. The lowest BCUT2D eigenvalue weighted by molar-refractivity contribution is -0.121. The van der Waals surface area contributed by atoms with Crippen LogP contribution in [0.1, 0.15) is 5.56 Å². The van der Waals surface area contributed by atoms with Crippen LogP contribution >= 0.6 is 0 Å². The minimum absolute atomic E-state index is 0.236. The average molecular weight is 338 g/mol. The van der Waals surface area contributed by atoms with Crippen molar-refractivity contribution >= 4 is 11.9 Å². The Morgan fingerprint density at radius 3 is 2.92 bits per heavy atom. The van der Waals surface area contributed by atoms with Gasteiger partial charge in [-0.15, -0.1) is 10.2 Å². The lowest BCUT2D eigenvalue weighted by Gasteiger charge is -2.24. The zero-order valence-electron chi connectivity index (χ0n) is 13.2. The van der Waals surface area contributed by atoms with Gasteiger partial charge in [0.25, 0.3) is 0 Å². The summed E-state index contributed by atoms with van der Waals surface area (Å²) in [7, 11) is 0. The number of para-hydroxylation sites is 1. The van der Waals surface area contributed by atoms with E-state index in [1.165, 1.54) is 18.5 Å². The molecule has 25 heavy (non-hydrogen) atoms. The number of carbonyl (C=O) groups excluding carboxylic acids is 1. The Morgan fingerprint density at radius 2 is 2.08 bits per heavy atom. The Kier molecular flexibility index (Phi) is 3.89. The maximum absolute atomic E-state index is 13.4. The summed E-state index contributed by atoms with van der Waals surface area (Å²) < 4.78 is 20.7. The zero-order chi connectivity index (χ0) is 17.2. The highest BCUT2D eigenvalue weighted by Gasteiger charge is 2.27. The molecule has 1 aromatic heterocycles. The van der Waals surface area contributed by atoms with E-state index in [1.54, 1.807) is 10.6 Å². The molecule has 0 saturated heterocycles. The van der Waals surface area contributed by atoms with Gasteiger partial charge in [0.1, 0.15) is 24.5 Å². The lowest BCUT2D eigenvalue weighted by atomic mass is 9.96. The Hall–Kier alpha value is -3.22. The van der Waals surface area contributed by atoms with E-state index >= 15 is 0 Å². The topological polar surface area (TPSA) is 69.0 Å². The van der Waals surface area contributed by atoms with Gasteiger partial charge < -0.3 is 4.74 Å². The van der Waals surface area contributed by atoms with Gasteiger partial charge in [0.2, 0.25) is 11.9 Å². The van der Waals surface area contributed by atoms with Crippen LogP contribution in [0, 0.1) is 11.7 Å². The van der Waals surface area contributed by atoms with Crippen molar-refractivity contribution in [2.75, 3.05) is 11.9 Å². The molecule has 7 heteroatoms. The van der Waals surface area contributed by atoms with Crippen molar-refractivity contribution in [3.8, 4) is 11.4 Å². The quantitative estimate of drug-likeness (QED) is 0.797. The van der Waals surface area contributed by atoms with E-state index in [0.29, 0.717) is 23.7 Å². The number of ether oxygens (including phenoxy) is 1. The second kappa shape index (κ2) is 6.35. The average Bonchev–Trinajstić information content (AvgIpc) is 3.10. The van der Waals surface area contributed by atoms with E-state index in [-0.39, 0.29) is 18.3 Å². The van der Waals surface area contributed by atoms with Crippen LogP contribution in [-0.4, -0.2) is 27.3 Å². The van der Waals surface area contributed by atoms with E-state index in [1.807, 2.05) is 30.3 Å². The molecule has 1 aliphatic heterocycles. The highest BCUT2D eigenvalue weighted by atomic mass is 19.1. The first-order valence-corrected chi connectivity index (χ1v) is 7.88. The first-order valence-electron chi connectivity index (χ1n) is 7.88. The molecule has 2 aromatic carbocycles. The number of amides is 1. The van der Waals surface area contributed by atoms with Gasteiger partial charge in [-0.05, 0) is 42.3 Å². The van der Waals surface area contributed by atoms with E-state index in [2.05, 4.69) is 15.5 Å². The molecule has 0 saturated carbocycles. The molecule has 126 valence electrons.